The number of halogens is 2. The minimum absolute atomic E-state index is 0.614. The first-order chi connectivity index (χ1) is 6.68. The van der Waals surface area contributed by atoms with Crippen LogP contribution in [0.25, 0.3) is 11.4 Å². The molecular weight excluding hydrogens is 265 g/mol. The molecular formula is C9H7BrClN3. The van der Waals surface area contributed by atoms with Gasteiger partial charge in [-0.15, -0.1) is 0 Å². The Balaban J connectivity index is 2.58. The number of hydrogen-bond donors (Lipinski definition) is 0. The van der Waals surface area contributed by atoms with Gasteiger partial charge in [0.2, 0.25) is 0 Å². The van der Waals surface area contributed by atoms with E-state index in [1.54, 1.807) is 17.1 Å². The van der Waals surface area contributed by atoms with Gasteiger partial charge in [-0.25, -0.2) is 0 Å². The van der Waals surface area contributed by atoms with Crippen LogP contribution in [0.3, 0.4) is 0 Å². The highest BCUT2D eigenvalue weighted by atomic mass is 79.9. The lowest BCUT2D eigenvalue weighted by molar-refractivity contribution is 0.773. The topological polar surface area (TPSA) is 30.7 Å². The van der Waals surface area contributed by atoms with E-state index in [0.717, 1.165) is 15.9 Å². The van der Waals surface area contributed by atoms with Gasteiger partial charge in [0.25, 0.3) is 0 Å². The Labute approximate surface area is 94.9 Å². The number of pyridine rings is 1. The minimum atomic E-state index is 0.614. The summed E-state index contributed by atoms with van der Waals surface area (Å²) in [7, 11) is 1.86. The summed E-state index contributed by atoms with van der Waals surface area (Å²) in [5.74, 6) is 0. The molecule has 2 aromatic rings. The first-order valence-electron chi connectivity index (χ1n) is 3.98. The van der Waals surface area contributed by atoms with Gasteiger partial charge in [0.1, 0.15) is 5.69 Å². The Morgan fingerprint density at radius 2 is 2.29 bits per heavy atom. The van der Waals surface area contributed by atoms with Crippen molar-refractivity contribution in [3.05, 3.63) is 34.0 Å². The predicted molar refractivity (Wildman–Crippen MR) is 59.1 cm³/mol. The maximum atomic E-state index is 6.06. The number of aryl methyl sites for hydroxylation is 1. The van der Waals surface area contributed by atoms with E-state index in [0.29, 0.717) is 5.02 Å². The van der Waals surface area contributed by atoms with Crippen molar-refractivity contribution in [1.29, 1.82) is 0 Å². The first-order valence-corrected chi connectivity index (χ1v) is 5.15. The van der Waals surface area contributed by atoms with E-state index in [4.69, 9.17) is 11.6 Å². The molecule has 0 fully saturated rings. The van der Waals surface area contributed by atoms with Crippen LogP contribution in [0.1, 0.15) is 0 Å². The van der Waals surface area contributed by atoms with Crippen LogP contribution in [0.15, 0.2) is 29.0 Å². The van der Waals surface area contributed by atoms with Gasteiger partial charge in [-0.1, -0.05) is 11.6 Å². The summed E-state index contributed by atoms with van der Waals surface area (Å²) in [5.41, 5.74) is 1.65. The van der Waals surface area contributed by atoms with Crippen LogP contribution in [-0.2, 0) is 7.05 Å². The Kier molecular flexibility index (Phi) is 2.56. The van der Waals surface area contributed by atoms with Crippen LogP contribution in [0, 0.1) is 0 Å². The predicted octanol–water partition coefficient (Wildman–Crippen LogP) is 2.90. The standard InChI is InChI=1S/C9H7BrClN3/c1-14-8(2-3-13-14)9-7(11)4-6(10)5-12-9/h2-5H,1H3. The maximum absolute atomic E-state index is 6.06. The molecule has 2 rings (SSSR count). The second kappa shape index (κ2) is 3.71. The highest BCUT2D eigenvalue weighted by Crippen LogP contribution is 2.27. The third-order valence-electron chi connectivity index (χ3n) is 1.87. The quantitative estimate of drug-likeness (QED) is 0.799. The summed E-state index contributed by atoms with van der Waals surface area (Å²) in [6.45, 7) is 0. The lowest BCUT2D eigenvalue weighted by Crippen LogP contribution is -1.95. The van der Waals surface area contributed by atoms with E-state index in [1.165, 1.54) is 0 Å². The van der Waals surface area contributed by atoms with Crippen molar-refractivity contribution in [3.8, 4) is 11.4 Å². The SMILES string of the molecule is Cn1nccc1-c1ncc(Br)cc1Cl. The fraction of sp³-hybridized carbons (Fsp3) is 0.111. The average molecular weight is 273 g/mol. The monoisotopic (exact) mass is 271 g/mol. The molecule has 14 heavy (non-hydrogen) atoms. The molecule has 0 N–H and O–H groups in total. The molecule has 0 amide bonds. The normalized spacial score (nSPS) is 10.5. The van der Waals surface area contributed by atoms with Crippen LogP contribution in [-0.4, -0.2) is 14.8 Å². The molecule has 3 nitrogen and oxygen atoms in total. The van der Waals surface area contributed by atoms with Gasteiger partial charge in [0.05, 0.1) is 10.7 Å². The third-order valence-corrected chi connectivity index (χ3v) is 2.59. The van der Waals surface area contributed by atoms with E-state index >= 15 is 0 Å². The highest BCUT2D eigenvalue weighted by molar-refractivity contribution is 9.10. The molecule has 2 heterocycles. The molecule has 5 heteroatoms. The second-order valence-corrected chi connectivity index (χ2v) is 4.15. The molecule has 0 spiro atoms. The molecule has 0 saturated heterocycles. The number of rotatable bonds is 1. The van der Waals surface area contributed by atoms with Crippen LogP contribution in [0.5, 0.6) is 0 Å². The number of aromatic nitrogens is 3. The van der Waals surface area contributed by atoms with Gasteiger partial charge >= 0.3 is 0 Å². The number of nitrogens with zero attached hydrogens (tertiary/aromatic N) is 3. The molecule has 72 valence electrons. The largest absolute Gasteiger partial charge is 0.266 e. The average Bonchev–Trinajstić information content (AvgIpc) is 2.52. The van der Waals surface area contributed by atoms with Gasteiger partial charge in [-0.3, -0.25) is 9.67 Å². The molecule has 0 aliphatic heterocycles. The van der Waals surface area contributed by atoms with Crippen LogP contribution in [0.4, 0.5) is 0 Å². The Bertz CT molecular complexity index is 467. The minimum Gasteiger partial charge on any atom is -0.266 e. The van der Waals surface area contributed by atoms with E-state index < -0.39 is 0 Å². The summed E-state index contributed by atoms with van der Waals surface area (Å²) in [4.78, 5) is 4.24. The fourth-order valence-electron chi connectivity index (χ4n) is 1.21. The third kappa shape index (κ3) is 1.67. The summed E-state index contributed by atoms with van der Waals surface area (Å²) in [6, 6.07) is 3.69. The van der Waals surface area contributed by atoms with E-state index in [2.05, 4.69) is 26.0 Å². The zero-order valence-electron chi connectivity index (χ0n) is 7.41. The van der Waals surface area contributed by atoms with Gasteiger partial charge in [0.15, 0.2) is 0 Å². The van der Waals surface area contributed by atoms with Crippen LogP contribution < -0.4 is 0 Å². The van der Waals surface area contributed by atoms with E-state index in [9.17, 15) is 0 Å². The first kappa shape index (κ1) is 9.68. The lowest BCUT2D eigenvalue weighted by Gasteiger charge is -2.03. The smallest absolute Gasteiger partial charge is 0.107 e. The summed E-state index contributed by atoms with van der Waals surface area (Å²) in [5, 5.41) is 4.68. The van der Waals surface area contributed by atoms with Gasteiger partial charge in [-0.05, 0) is 28.1 Å². The fourth-order valence-corrected chi connectivity index (χ4v) is 1.94. The molecule has 0 radical (unpaired) electrons. The Morgan fingerprint density at radius 3 is 2.86 bits per heavy atom. The van der Waals surface area contributed by atoms with Crippen LogP contribution >= 0.6 is 27.5 Å². The summed E-state index contributed by atoms with van der Waals surface area (Å²) in [6.07, 6.45) is 3.43. The summed E-state index contributed by atoms with van der Waals surface area (Å²) >= 11 is 9.37. The van der Waals surface area contributed by atoms with E-state index in [1.807, 2.05) is 19.2 Å². The second-order valence-electron chi connectivity index (χ2n) is 2.82. The summed E-state index contributed by atoms with van der Waals surface area (Å²) < 4.78 is 2.61. The number of hydrogen-bond acceptors (Lipinski definition) is 2. The van der Waals surface area contributed by atoms with Crippen molar-refractivity contribution in [2.24, 2.45) is 7.05 Å². The van der Waals surface area contributed by atoms with Crippen molar-refractivity contribution >= 4 is 27.5 Å². The Morgan fingerprint density at radius 1 is 1.50 bits per heavy atom. The molecule has 0 aliphatic carbocycles. The maximum Gasteiger partial charge on any atom is 0.107 e. The van der Waals surface area contributed by atoms with Crippen molar-refractivity contribution in [3.63, 3.8) is 0 Å². The zero-order valence-corrected chi connectivity index (χ0v) is 9.75. The zero-order chi connectivity index (χ0) is 10.1. The van der Waals surface area contributed by atoms with Crippen molar-refractivity contribution in [2.75, 3.05) is 0 Å². The van der Waals surface area contributed by atoms with Gasteiger partial charge in [0, 0.05) is 23.9 Å². The molecule has 0 aromatic carbocycles. The van der Waals surface area contributed by atoms with Gasteiger partial charge in [-0.2, -0.15) is 5.10 Å². The van der Waals surface area contributed by atoms with E-state index in [-0.39, 0.29) is 0 Å². The molecule has 0 saturated carbocycles. The van der Waals surface area contributed by atoms with Crippen molar-refractivity contribution in [2.45, 2.75) is 0 Å². The molecule has 0 aliphatic rings. The molecule has 0 unspecified atom stereocenters. The molecule has 0 bridgehead atoms. The van der Waals surface area contributed by atoms with Crippen molar-refractivity contribution < 1.29 is 0 Å². The Hall–Kier alpha value is -0.870. The van der Waals surface area contributed by atoms with Crippen LogP contribution in [0.2, 0.25) is 5.02 Å². The molecule has 2 aromatic heterocycles. The van der Waals surface area contributed by atoms with Crippen molar-refractivity contribution in [1.82, 2.24) is 14.8 Å². The lowest BCUT2D eigenvalue weighted by atomic mass is 10.3. The molecule has 0 atom stereocenters. The highest BCUT2D eigenvalue weighted by Gasteiger charge is 2.08. The van der Waals surface area contributed by atoms with Gasteiger partial charge < -0.3 is 0 Å².